The third-order valence-electron chi connectivity index (χ3n) is 3.70. The second-order valence-electron chi connectivity index (χ2n) is 6.88. The van der Waals surface area contributed by atoms with Gasteiger partial charge in [0.1, 0.15) is 0 Å². The smallest absolute Gasteiger partial charge is 0.251 e. The molecule has 146 valence electrons. The Kier molecular flexibility index (Phi) is 9.34. The van der Waals surface area contributed by atoms with Gasteiger partial charge in [0, 0.05) is 47.0 Å². The van der Waals surface area contributed by atoms with Crippen LogP contribution in [0.25, 0.3) is 0 Å². The quantitative estimate of drug-likeness (QED) is 0.473. The lowest BCUT2D eigenvalue weighted by atomic mass is 10.1. The molecule has 0 aliphatic rings. The first-order chi connectivity index (χ1) is 12.3. The van der Waals surface area contributed by atoms with Crippen LogP contribution in [0.3, 0.4) is 0 Å². The van der Waals surface area contributed by atoms with Crippen LogP contribution in [0, 0.1) is 0 Å². The van der Waals surface area contributed by atoms with Gasteiger partial charge < -0.3 is 16.0 Å². The van der Waals surface area contributed by atoms with Gasteiger partial charge in [0.2, 0.25) is 0 Å². The number of benzene rings is 1. The SMILES string of the molecule is CCNC(=NCCS(=O)C(C)(C)C)NCCc1cccc(C(=O)NC)c1. The topological polar surface area (TPSA) is 82.6 Å². The zero-order valence-electron chi connectivity index (χ0n) is 16.5. The van der Waals surface area contributed by atoms with Gasteiger partial charge >= 0.3 is 0 Å². The van der Waals surface area contributed by atoms with Crippen LogP contribution in [0.1, 0.15) is 43.6 Å². The van der Waals surface area contributed by atoms with Crippen molar-refractivity contribution in [2.75, 3.05) is 32.4 Å². The van der Waals surface area contributed by atoms with Crippen molar-refractivity contribution in [1.29, 1.82) is 0 Å². The molecule has 0 aliphatic heterocycles. The van der Waals surface area contributed by atoms with E-state index in [2.05, 4.69) is 20.9 Å². The van der Waals surface area contributed by atoms with Gasteiger partial charge in [-0.15, -0.1) is 0 Å². The van der Waals surface area contributed by atoms with E-state index in [1.54, 1.807) is 13.1 Å². The van der Waals surface area contributed by atoms with Crippen LogP contribution in [-0.4, -0.2) is 53.3 Å². The Morgan fingerprint density at radius 2 is 1.96 bits per heavy atom. The van der Waals surface area contributed by atoms with Crippen molar-refractivity contribution in [3.05, 3.63) is 35.4 Å². The number of nitrogens with zero attached hydrogens (tertiary/aromatic N) is 1. The van der Waals surface area contributed by atoms with Gasteiger partial charge in [-0.3, -0.25) is 14.0 Å². The highest BCUT2D eigenvalue weighted by Gasteiger charge is 2.18. The van der Waals surface area contributed by atoms with Crippen molar-refractivity contribution in [1.82, 2.24) is 16.0 Å². The molecule has 3 N–H and O–H groups in total. The molecule has 1 aromatic carbocycles. The van der Waals surface area contributed by atoms with Gasteiger partial charge in [0.15, 0.2) is 5.96 Å². The summed E-state index contributed by atoms with van der Waals surface area (Å²) in [6.07, 6.45) is 0.781. The average Bonchev–Trinajstić information content (AvgIpc) is 2.60. The van der Waals surface area contributed by atoms with Crippen LogP contribution in [0.4, 0.5) is 0 Å². The third-order valence-corrected chi connectivity index (χ3v) is 5.62. The molecule has 1 rings (SSSR count). The van der Waals surface area contributed by atoms with Crippen molar-refractivity contribution in [3.63, 3.8) is 0 Å². The lowest BCUT2D eigenvalue weighted by molar-refractivity contribution is 0.0963. The molecular formula is C19H32N4O2S. The molecule has 0 aliphatic carbocycles. The van der Waals surface area contributed by atoms with E-state index >= 15 is 0 Å². The zero-order chi connectivity index (χ0) is 19.6. The first kappa shape index (κ1) is 22.2. The second-order valence-corrected chi connectivity index (χ2v) is 9.20. The summed E-state index contributed by atoms with van der Waals surface area (Å²) in [5.74, 6) is 1.19. The van der Waals surface area contributed by atoms with E-state index in [1.165, 1.54) is 0 Å². The predicted molar refractivity (Wildman–Crippen MR) is 110 cm³/mol. The fraction of sp³-hybridized carbons (Fsp3) is 0.579. The van der Waals surface area contributed by atoms with Gasteiger partial charge in [0.25, 0.3) is 5.91 Å². The van der Waals surface area contributed by atoms with Crippen LogP contribution in [0.5, 0.6) is 0 Å². The molecule has 6 nitrogen and oxygen atoms in total. The minimum Gasteiger partial charge on any atom is -0.357 e. The summed E-state index contributed by atoms with van der Waals surface area (Å²) in [6.45, 7) is 9.92. The van der Waals surface area contributed by atoms with Crippen LogP contribution in [-0.2, 0) is 17.2 Å². The van der Waals surface area contributed by atoms with E-state index in [4.69, 9.17) is 0 Å². The Bertz CT molecular complexity index is 639. The summed E-state index contributed by atoms with van der Waals surface area (Å²) in [5.41, 5.74) is 1.75. The van der Waals surface area contributed by atoms with E-state index in [0.717, 1.165) is 24.5 Å². The van der Waals surface area contributed by atoms with Gasteiger partial charge in [0.05, 0.1) is 6.54 Å². The maximum absolute atomic E-state index is 12.1. The summed E-state index contributed by atoms with van der Waals surface area (Å²) in [4.78, 5) is 16.2. The fourth-order valence-corrected chi connectivity index (χ4v) is 3.10. The van der Waals surface area contributed by atoms with Gasteiger partial charge in [-0.05, 0) is 51.8 Å². The highest BCUT2D eigenvalue weighted by Crippen LogP contribution is 2.10. The highest BCUT2D eigenvalue weighted by atomic mass is 32.2. The van der Waals surface area contributed by atoms with Gasteiger partial charge in [-0.1, -0.05) is 12.1 Å². The highest BCUT2D eigenvalue weighted by molar-refractivity contribution is 7.86. The number of carbonyl (C=O) groups excluding carboxylic acids is 1. The number of nitrogens with one attached hydrogen (secondary N) is 3. The molecule has 7 heteroatoms. The fourth-order valence-electron chi connectivity index (χ4n) is 2.23. The van der Waals surface area contributed by atoms with Crippen LogP contribution in [0.15, 0.2) is 29.3 Å². The number of rotatable bonds is 8. The lowest BCUT2D eigenvalue weighted by Crippen LogP contribution is -2.38. The van der Waals surface area contributed by atoms with E-state index in [9.17, 15) is 9.00 Å². The summed E-state index contributed by atoms with van der Waals surface area (Å²) in [5, 5.41) is 9.11. The minimum absolute atomic E-state index is 0.0819. The summed E-state index contributed by atoms with van der Waals surface area (Å²) in [7, 11) is 0.726. The molecule has 0 spiro atoms. The molecule has 0 fully saturated rings. The molecular weight excluding hydrogens is 348 g/mol. The molecule has 0 aromatic heterocycles. The van der Waals surface area contributed by atoms with Gasteiger partial charge in [-0.2, -0.15) is 0 Å². The Morgan fingerprint density at radius 3 is 2.58 bits per heavy atom. The van der Waals surface area contributed by atoms with Crippen LogP contribution < -0.4 is 16.0 Å². The van der Waals surface area contributed by atoms with Crippen molar-refractivity contribution in [2.24, 2.45) is 4.99 Å². The van der Waals surface area contributed by atoms with E-state index in [1.807, 2.05) is 45.9 Å². The molecule has 1 aromatic rings. The lowest BCUT2D eigenvalue weighted by Gasteiger charge is -2.17. The number of hydrogen-bond acceptors (Lipinski definition) is 3. The van der Waals surface area contributed by atoms with E-state index < -0.39 is 10.8 Å². The van der Waals surface area contributed by atoms with Crippen molar-refractivity contribution in [3.8, 4) is 0 Å². The molecule has 0 saturated carbocycles. The summed E-state index contributed by atoms with van der Waals surface area (Å²) >= 11 is 0. The number of carbonyl (C=O) groups is 1. The molecule has 0 heterocycles. The summed E-state index contributed by atoms with van der Waals surface area (Å²) < 4.78 is 11.9. The van der Waals surface area contributed by atoms with Crippen LogP contribution >= 0.6 is 0 Å². The molecule has 0 radical (unpaired) electrons. The van der Waals surface area contributed by atoms with Gasteiger partial charge in [-0.25, -0.2) is 0 Å². The maximum atomic E-state index is 12.1. The first-order valence-electron chi connectivity index (χ1n) is 8.99. The monoisotopic (exact) mass is 380 g/mol. The zero-order valence-corrected chi connectivity index (χ0v) is 17.3. The second kappa shape index (κ2) is 11.0. The largest absolute Gasteiger partial charge is 0.357 e. The van der Waals surface area contributed by atoms with Crippen molar-refractivity contribution < 1.29 is 9.00 Å². The average molecular weight is 381 g/mol. The Labute approximate surface area is 159 Å². The molecule has 1 amide bonds. The Balaban J connectivity index is 2.54. The Morgan fingerprint density at radius 1 is 1.23 bits per heavy atom. The van der Waals surface area contributed by atoms with E-state index in [-0.39, 0.29) is 10.7 Å². The molecule has 0 bridgehead atoms. The first-order valence-corrected chi connectivity index (χ1v) is 10.3. The van der Waals surface area contributed by atoms with Crippen molar-refractivity contribution >= 4 is 22.7 Å². The third kappa shape index (κ3) is 7.99. The minimum atomic E-state index is -0.902. The van der Waals surface area contributed by atoms with E-state index in [0.29, 0.717) is 24.4 Å². The van der Waals surface area contributed by atoms with Crippen LogP contribution in [0.2, 0.25) is 0 Å². The predicted octanol–water partition coefficient (Wildman–Crippen LogP) is 1.69. The van der Waals surface area contributed by atoms with Crippen molar-refractivity contribution in [2.45, 2.75) is 38.9 Å². The number of hydrogen-bond donors (Lipinski definition) is 3. The molecule has 1 atom stereocenters. The number of amides is 1. The maximum Gasteiger partial charge on any atom is 0.251 e. The molecule has 0 saturated heterocycles. The normalized spacial score (nSPS) is 13.2. The molecule has 1 unspecified atom stereocenters. The number of guanidine groups is 1. The summed E-state index contributed by atoms with van der Waals surface area (Å²) in [6, 6.07) is 7.60. The number of aliphatic imine (C=N–C) groups is 1. The Hall–Kier alpha value is -1.89. The standard InChI is InChI=1S/C19H32N4O2S/c1-6-21-18(23-12-13-26(25)19(2,3)4)22-11-10-15-8-7-9-16(14-15)17(24)20-5/h7-9,14H,6,10-13H2,1-5H3,(H,20,24)(H2,21,22,23). The molecule has 26 heavy (non-hydrogen) atoms.